The van der Waals surface area contributed by atoms with E-state index in [4.69, 9.17) is 5.73 Å². The van der Waals surface area contributed by atoms with Gasteiger partial charge in [0.2, 0.25) is 0 Å². The highest BCUT2D eigenvalue weighted by molar-refractivity contribution is 5.21. The standard InChI is InChI=1S/C16H23F2NO/c1-15(2)6-3-7-16(10-19,14(15)20)9-11-4-5-12(17)13(18)8-11/h4-5,8,14,20H,3,6-7,9-10,19H2,1-2H3. The summed E-state index contributed by atoms with van der Waals surface area (Å²) >= 11 is 0. The Bertz CT molecular complexity index is 489. The Morgan fingerprint density at radius 1 is 1.25 bits per heavy atom. The SMILES string of the molecule is CC1(C)CCCC(CN)(Cc2ccc(F)c(F)c2)C1O. The molecule has 0 aliphatic heterocycles. The molecule has 2 nitrogen and oxygen atoms in total. The highest BCUT2D eigenvalue weighted by Crippen LogP contribution is 2.47. The van der Waals surface area contributed by atoms with E-state index in [9.17, 15) is 13.9 Å². The zero-order valence-corrected chi connectivity index (χ0v) is 12.1. The van der Waals surface area contributed by atoms with Crippen LogP contribution in [0.15, 0.2) is 18.2 Å². The van der Waals surface area contributed by atoms with E-state index in [2.05, 4.69) is 0 Å². The number of hydrogen-bond donors (Lipinski definition) is 2. The van der Waals surface area contributed by atoms with Gasteiger partial charge in [0.1, 0.15) is 0 Å². The molecule has 4 heteroatoms. The summed E-state index contributed by atoms with van der Waals surface area (Å²) in [6.07, 6.45) is 2.69. The van der Waals surface area contributed by atoms with Crippen LogP contribution in [0.25, 0.3) is 0 Å². The molecule has 1 saturated carbocycles. The van der Waals surface area contributed by atoms with Crippen molar-refractivity contribution in [1.29, 1.82) is 0 Å². The van der Waals surface area contributed by atoms with Crippen molar-refractivity contribution in [2.45, 2.75) is 45.6 Å². The highest BCUT2D eigenvalue weighted by atomic mass is 19.2. The van der Waals surface area contributed by atoms with Gasteiger partial charge in [-0.2, -0.15) is 0 Å². The molecule has 0 radical (unpaired) electrons. The predicted octanol–water partition coefficient (Wildman–Crippen LogP) is 3.02. The Kier molecular flexibility index (Phi) is 4.17. The first-order valence-electron chi connectivity index (χ1n) is 7.13. The topological polar surface area (TPSA) is 46.2 Å². The summed E-state index contributed by atoms with van der Waals surface area (Å²) in [5.74, 6) is -1.70. The first-order valence-corrected chi connectivity index (χ1v) is 7.13. The van der Waals surface area contributed by atoms with E-state index in [1.54, 1.807) is 6.07 Å². The van der Waals surface area contributed by atoms with Gasteiger partial charge in [-0.05, 0) is 42.4 Å². The van der Waals surface area contributed by atoms with Gasteiger partial charge in [0, 0.05) is 12.0 Å². The Hall–Kier alpha value is -1.00. The van der Waals surface area contributed by atoms with E-state index in [0.717, 1.165) is 25.3 Å². The van der Waals surface area contributed by atoms with Gasteiger partial charge in [0.15, 0.2) is 11.6 Å². The molecular weight excluding hydrogens is 260 g/mol. The lowest BCUT2D eigenvalue weighted by Crippen LogP contribution is -2.53. The van der Waals surface area contributed by atoms with Gasteiger partial charge in [0.05, 0.1) is 6.10 Å². The molecule has 1 aromatic rings. The molecule has 1 aliphatic rings. The molecule has 0 spiro atoms. The van der Waals surface area contributed by atoms with Crippen molar-refractivity contribution < 1.29 is 13.9 Å². The minimum atomic E-state index is -0.848. The van der Waals surface area contributed by atoms with Crippen molar-refractivity contribution in [2.75, 3.05) is 6.54 Å². The summed E-state index contributed by atoms with van der Waals surface area (Å²) < 4.78 is 26.3. The summed E-state index contributed by atoms with van der Waals surface area (Å²) in [6, 6.07) is 3.92. The van der Waals surface area contributed by atoms with Crippen LogP contribution in [0.4, 0.5) is 8.78 Å². The number of hydrogen-bond acceptors (Lipinski definition) is 2. The third kappa shape index (κ3) is 2.72. The van der Waals surface area contributed by atoms with Gasteiger partial charge in [0.25, 0.3) is 0 Å². The Morgan fingerprint density at radius 2 is 1.95 bits per heavy atom. The molecule has 0 bridgehead atoms. The Labute approximate surface area is 119 Å². The number of halogens is 2. The van der Waals surface area contributed by atoms with Crippen molar-refractivity contribution in [3.8, 4) is 0 Å². The quantitative estimate of drug-likeness (QED) is 0.895. The Morgan fingerprint density at radius 3 is 2.55 bits per heavy atom. The molecule has 2 rings (SSSR count). The lowest BCUT2D eigenvalue weighted by molar-refractivity contribution is -0.0885. The Balaban J connectivity index is 2.29. The number of aliphatic hydroxyl groups is 1. The van der Waals surface area contributed by atoms with Crippen molar-refractivity contribution in [1.82, 2.24) is 0 Å². The first-order chi connectivity index (χ1) is 9.31. The van der Waals surface area contributed by atoms with E-state index in [1.807, 2.05) is 13.8 Å². The molecular formula is C16H23F2NO. The minimum Gasteiger partial charge on any atom is -0.392 e. The van der Waals surface area contributed by atoms with Crippen LogP contribution in [0.5, 0.6) is 0 Å². The van der Waals surface area contributed by atoms with Gasteiger partial charge in [-0.3, -0.25) is 0 Å². The van der Waals surface area contributed by atoms with Crippen LogP contribution in [-0.4, -0.2) is 17.8 Å². The van der Waals surface area contributed by atoms with Gasteiger partial charge >= 0.3 is 0 Å². The van der Waals surface area contributed by atoms with E-state index in [-0.39, 0.29) is 5.41 Å². The molecule has 0 aromatic heterocycles. The first kappa shape index (κ1) is 15.4. The van der Waals surface area contributed by atoms with Crippen LogP contribution >= 0.6 is 0 Å². The van der Waals surface area contributed by atoms with Crippen LogP contribution in [0.3, 0.4) is 0 Å². The van der Waals surface area contributed by atoms with Crippen LogP contribution in [-0.2, 0) is 6.42 Å². The third-order valence-corrected chi connectivity index (χ3v) is 4.76. The summed E-state index contributed by atoms with van der Waals surface area (Å²) in [5, 5.41) is 10.7. The molecule has 20 heavy (non-hydrogen) atoms. The normalized spacial score (nSPS) is 29.4. The van der Waals surface area contributed by atoms with Gasteiger partial charge in [-0.25, -0.2) is 8.78 Å². The van der Waals surface area contributed by atoms with Crippen molar-refractivity contribution in [2.24, 2.45) is 16.6 Å². The van der Waals surface area contributed by atoms with Crippen LogP contribution < -0.4 is 5.73 Å². The molecule has 2 unspecified atom stereocenters. The average molecular weight is 283 g/mol. The minimum absolute atomic E-state index is 0.198. The van der Waals surface area contributed by atoms with E-state index >= 15 is 0 Å². The summed E-state index contributed by atoms with van der Waals surface area (Å²) in [5.41, 5.74) is 5.97. The van der Waals surface area contributed by atoms with Crippen molar-refractivity contribution >= 4 is 0 Å². The second-order valence-corrected chi connectivity index (χ2v) is 6.74. The second kappa shape index (κ2) is 5.41. The molecule has 0 heterocycles. The molecule has 0 amide bonds. The summed E-state index contributed by atoms with van der Waals surface area (Å²) in [4.78, 5) is 0. The molecule has 2 atom stereocenters. The fourth-order valence-corrected chi connectivity index (χ4v) is 3.53. The fourth-order valence-electron chi connectivity index (χ4n) is 3.53. The van der Waals surface area contributed by atoms with Crippen LogP contribution in [0, 0.1) is 22.5 Å². The summed E-state index contributed by atoms with van der Waals surface area (Å²) in [6.45, 7) is 4.41. The molecule has 0 saturated heterocycles. The molecule has 1 aliphatic carbocycles. The van der Waals surface area contributed by atoms with E-state index < -0.39 is 23.2 Å². The lowest BCUT2D eigenvalue weighted by atomic mass is 9.59. The van der Waals surface area contributed by atoms with Crippen LogP contribution in [0.2, 0.25) is 0 Å². The molecule has 1 aromatic carbocycles. The number of nitrogens with two attached hydrogens (primary N) is 1. The monoisotopic (exact) mass is 283 g/mol. The van der Waals surface area contributed by atoms with Gasteiger partial charge in [-0.1, -0.05) is 26.3 Å². The van der Waals surface area contributed by atoms with E-state index in [1.165, 1.54) is 6.07 Å². The molecule has 112 valence electrons. The molecule has 1 fully saturated rings. The fraction of sp³-hybridized carbons (Fsp3) is 0.625. The largest absolute Gasteiger partial charge is 0.392 e. The van der Waals surface area contributed by atoms with Crippen LogP contribution in [0.1, 0.15) is 38.7 Å². The lowest BCUT2D eigenvalue weighted by Gasteiger charge is -2.49. The number of rotatable bonds is 3. The third-order valence-electron chi connectivity index (χ3n) is 4.76. The predicted molar refractivity (Wildman–Crippen MR) is 75.2 cm³/mol. The maximum absolute atomic E-state index is 13.3. The maximum Gasteiger partial charge on any atom is 0.159 e. The number of aliphatic hydroxyl groups excluding tert-OH is 1. The van der Waals surface area contributed by atoms with Gasteiger partial charge in [-0.15, -0.1) is 0 Å². The summed E-state index contributed by atoms with van der Waals surface area (Å²) in [7, 11) is 0. The van der Waals surface area contributed by atoms with Crippen molar-refractivity contribution in [3.63, 3.8) is 0 Å². The van der Waals surface area contributed by atoms with Gasteiger partial charge < -0.3 is 10.8 Å². The smallest absolute Gasteiger partial charge is 0.159 e. The molecule has 3 N–H and O–H groups in total. The van der Waals surface area contributed by atoms with Crippen molar-refractivity contribution in [3.05, 3.63) is 35.4 Å². The highest BCUT2D eigenvalue weighted by Gasteiger charge is 2.47. The zero-order valence-electron chi connectivity index (χ0n) is 12.1. The van der Waals surface area contributed by atoms with E-state index in [0.29, 0.717) is 18.5 Å². The average Bonchev–Trinajstić information content (AvgIpc) is 2.39. The second-order valence-electron chi connectivity index (χ2n) is 6.74. The zero-order chi connectivity index (χ0) is 15.0. The maximum atomic E-state index is 13.3. The number of benzene rings is 1.